The number of aliphatic hydroxyl groups is 1. The first-order valence-corrected chi connectivity index (χ1v) is 17.3. The van der Waals surface area contributed by atoms with E-state index in [0.29, 0.717) is 33.9 Å². The Morgan fingerprint density at radius 1 is 1.16 bits per heavy atom. The van der Waals surface area contributed by atoms with Gasteiger partial charge in [0.15, 0.2) is 11.5 Å². The van der Waals surface area contributed by atoms with Crippen LogP contribution < -0.4 is 19.1 Å². The molecule has 0 saturated carbocycles. The first-order valence-electron chi connectivity index (χ1n) is 15.4. The summed E-state index contributed by atoms with van der Waals surface area (Å²) in [7, 11) is -3.54. The number of aryl methyl sites for hydroxylation is 1. The van der Waals surface area contributed by atoms with Crippen LogP contribution in [0.15, 0.2) is 30.3 Å². The number of carboxylic acids is 1. The smallest absolute Gasteiger partial charge is 0.308 e. The van der Waals surface area contributed by atoms with E-state index < -0.39 is 33.9 Å². The number of fused-ring (bicyclic) bond motifs is 1. The van der Waals surface area contributed by atoms with Crippen molar-refractivity contribution in [2.24, 2.45) is 5.92 Å². The standard InChI is InChI=1S/C32H44FN3O8S/c1-5-7-23(8-6-2)36(24-9-10-26(33)20(3)13-24)29(38)17-35-16-25(21-14-22(18-37)31-28(15-21)43-19-44-31)30(32(39)40)27(35)11-12-34-45(4,41)42/h9-10,13-15,23,25,27,30,34,37H,5-8,11-12,16-19H2,1-4H3,(H,39,40)/t25-,27+,30-/m1/s1. The molecule has 1 fully saturated rings. The Hall–Kier alpha value is -3.26. The Kier molecular flexibility index (Phi) is 11.5. The molecule has 3 N–H and O–H groups in total. The normalized spacial score (nSPS) is 19.8. The lowest BCUT2D eigenvalue weighted by Gasteiger charge is -2.35. The number of amides is 1. The number of hydrogen-bond donors (Lipinski definition) is 3. The van der Waals surface area contributed by atoms with Crippen molar-refractivity contribution in [1.82, 2.24) is 9.62 Å². The van der Waals surface area contributed by atoms with Crippen molar-refractivity contribution >= 4 is 27.6 Å². The number of carboxylic acid groups (broad SMARTS) is 1. The number of aliphatic carboxylic acids is 1. The number of halogens is 1. The molecule has 0 radical (unpaired) electrons. The minimum absolute atomic E-state index is 0.0110. The molecule has 11 nitrogen and oxygen atoms in total. The van der Waals surface area contributed by atoms with E-state index >= 15 is 0 Å². The molecule has 2 aromatic carbocycles. The van der Waals surface area contributed by atoms with E-state index in [0.717, 1.165) is 31.9 Å². The van der Waals surface area contributed by atoms with Crippen LogP contribution in [0.25, 0.3) is 0 Å². The van der Waals surface area contributed by atoms with Crippen molar-refractivity contribution in [3.63, 3.8) is 0 Å². The molecule has 0 bridgehead atoms. The predicted octanol–water partition coefficient (Wildman–Crippen LogP) is 3.77. The minimum Gasteiger partial charge on any atom is -0.481 e. The zero-order valence-corrected chi connectivity index (χ0v) is 27.1. The Labute approximate surface area is 264 Å². The summed E-state index contributed by atoms with van der Waals surface area (Å²) in [4.78, 5) is 30.7. The molecule has 4 rings (SSSR count). The third kappa shape index (κ3) is 8.13. The molecule has 2 aliphatic rings. The summed E-state index contributed by atoms with van der Waals surface area (Å²) in [5.41, 5.74) is 2.08. The quantitative estimate of drug-likeness (QED) is 0.263. The molecule has 45 heavy (non-hydrogen) atoms. The molecule has 1 saturated heterocycles. The SMILES string of the molecule is CCCC(CCC)N(C(=O)CN1C[C@H](c2cc(CO)c3c(c2)OCO3)[C@@H](C(=O)O)[C@@H]1CCNS(C)(=O)=O)c1ccc(F)c(C)c1. The molecule has 0 unspecified atom stereocenters. The maximum Gasteiger partial charge on any atom is 0.308 e. The molecule has 0 aliphatic carbocycles. The number of aliphatic hydroxyl groups excluding tert-OH is 1. The molecule has 13 heteroatoms. The number of anilines is 1. The summed E-state index contributed by atoms with van der Waals surface area (Å²) in [6.45, 7) is 5.44. The number of ether oxygens (including phenoxy) is 2. The second kappa shape index (κ2) is 14.9. The molecule has 1 amide bonds. The van der Waals surface area contributed by atoms with Crippen molar-refractivity contribution < 1.29 is 42.1 Å². The number of likely N-dealkylation sites (tertiary alicyclic amines) is 1. The third-order valence-electron chi connectivity index (χ3n) is 8.64. The van der Waals surface area contributed by atoms with Crippen LogP contribution in [0.2, 0.25) is 0 Å². The van der Waals surface area contributed by atoms with Gasteiger partial charge < -0.3 is 24.6 Å². The second-order valence-corrected chi connectivity index (χ2v) is 13.8. The first kappa shape index (κ1) is 34.6. The average Bonchev–Trinajstić information content (AvgIpc) is 3.59. The van der Waals surface area contributed by atoms with E-state index in [-0.39, 0.29) is 57.2 Å². The zero-order valence-electron chi connectivity index (χ0n) is 26.3. The lowest BCUT2D eigenvalue weighted by molar-refractivity contribution is -0.143. The van der Waals surface area contributed by atoms with Crippen LogP contribution in [0.4, 0.5) is 10.1 Å². The number of benzene rings is 2. The van der Waals surface area contributed by atoms with Gasteiger partial charge >= 0.3 is 5.97 Å². The molecule has 2 aliphatic heterocycles. The van der Waals surface area contributed by atoms with Gasteiger partial charge in [-0.2, -0.15) is 0 Å². The largest absolute Gasteiger partial charge is 0.481 e. The summed E-state index contributed by atoms with van der Waals surface area (Å²) < 4.78 is 51.5. The van der Waals surface area contributed by atoms with Crippen molar-refractivity contribution in [3.8, 4) is 11.5 Å². The highest BCUT2D eigenvalue weighted by atomic mass is 32.2. The van der Waals surface area contributed by atoms with Crippen LogP contribution >= 0.6 is 0 Å². The van der Waals surface area contributed by atoms with Crippen LogP contribution in [-0.2, 0) is 26.2 Å². The van der Waals surface area contributed by atoms with Gasteiger partial charge in [0.25, 0.3) is 0 Å². The van der Waals surface area contributed by atoms with Gasteiger partial charge in [0.1, 0.15) is 5.82 Å². The molecule has 0 aromatic heterocycles. The monoisotopic (exact) mass is 649 g/mol. The molecule has 3 atom stereocenters. The van der Waals surface area contributed by atoms with Crippen LogP contribution in [0, 0.1) is 18.7 Å². The molecule has 0 spiro atoms. The minimum atomic E-state index is -3.54. The number of hydrogen-bond acceptors (Lipinski definition) is 8. The van der Waals surface area contributed by atoms with Crippen molar-refractivity contribution in [3.05, 3.63) is 52.8 Å². The van der Waals surface area contributed by atoms with Crippen molar-refractivity contribution in [2.45, 2.75) is 77.5 Å². The lowest BCUT2D eigenvalue weighted by atomic mass is 9.83. The number of nitrogens with one attached hydrogen (secondary N) is 1. The van der Waals surface area contributed by atoms with E-state index in [4.69, 9.17) is 9.47 Å². The van der Waals surface area contributed by atoms with Gasteiger partial charge in [-0.05, 0) is 67.6 Å². The summed E-state index contributed by atoms with van der Waals surface area (Å²) in [5, 5.41) is 20.5. The van der Waals surface area contributed by atoms with Gasteiger partial charge in [0.2, 0.25) is 22.7 Å². The zero-order chi connectivity index (χ0) is 32.9. The van der Waals surface area contributed by atoms with Crippen LogP contribution in [0.5, 0.6) is 11.5 Å². The molecule has 2 aromatic rings. The van der Waals surface area contributed by atoms with Gasteiger partial charge in [-0.25, -0.2) is 17.5 Å². The number of sulfonamides is 1. The molecule has 2 heterocycles. The van der Waals surface area contributed by atoms with Gasteiger partial charge in [0, 0.05) is 42.3 Å². The number of carbonyl (C=O) groups excluding carboxylic acids is 1. The average molecular weight is 650 g/mol. The number of nitrogens with zero attached hydrogens (tertiary/aromatic N) is 2. The van der Waals surface area contributed by atoms with Crippen molar-refractivity contribution in [2.75, 3.05) is 37.6 Å². The fraction of sp³-hybridized carbons (Fsp3) is 0.562. The lowest BCUT2D eigenvalue weighted by Crippen LogP contribution is -2.48. The van der Waals surface area contributed by atoms with Crippen LogP contribution in [0.3, 0.4) is 0 Å². The highest BCUT2D eigenvalue weighted by Gasteiger charge is 2.47. The van der Waals surface area contributed by atoms with E-state index in [1.54, 1.807) is 36.1 Å². The Balaban J connectivity index is 1.73. The summed E-state index contributed by atoms with van der Waals surface area (Å²) in [6, 6.07) is 7.20. The number of carbonyl (C=O) groups is 2. The maximum atomic E-state index is 14.3. The maximum absolute atomic E-state index is 14.3. The van der Waals surface area contributed by atoms with Gasteiger partial charge in [-0.3, -0.25) is 14.5 Å². The predicted molar refractivity (Wildman–Crippen MR) is 167 cm³/mol. The molecular weight excluding hydrogens is 605 g/mol. The van der Waals surface area contributed by atoms with Crippen LogP contribution in [-0.4, -0.2) is 80.2 Å². The van der Waals surface area contributed by atoms with E-state index in [9.17, 15) is 32.6 Å². The van der Waals surface area contributed by atoms with E-state index in [1.807, 2.05) is 18.7 Å². The third-order valence-corrected chi connectivity index (χ3v) is 9.37. The Morgan fingerprint density at radius 3 is 2.47 bits per heavy atom. The summed E-state index contributed by atoms with van der Waals surface area (Å²) in [6.07, 6.45) is 4.32. The Morgan fingerprint density at radius 2 is 1.87 bits per heavy atom. The fourth-order valence-electron chi connectivity index (χ4n) is 6.68. The van der Waals surface area contributed by atoms with E-state index in [1.165, 1.54) is 6.07 Å². The highest BCUT2D eigenvalue weighted by Crippen LogP contribution is 2.44. The summed E-state index contributed by atoms with van der Waals surface area (Å²) >= 11 is 0. The van der Waals surface area contributed by atoms with Gasteiger partial charge in [-0.1, -0.05) is 26.7 Å². The van der Waals surface area contributed by atoms with Gasteiger partial charge in [0.05, 0.1) is 25.3 Å². The molecular formula is C32H44FN3O8S. The first-order chi connectivity index (χ1) is 21.4. The Bertz CT molecular complexity index is 1480. The number of rotatable bonds is 15. The highest BCUT2D eigenvalue weighted by molar-refractivity contribution is 7.88. The van der Waals surface area contributed by atoms with E-state index in [2.05, 4.69) is 4.72 Å². The second-order valence-electron chi connectivity index (χ2n) is 11.9. The fourth-order valence-corrected chi connectivity index (χ4v) is 7.17. The topological polar surface area (TPSA) is 146 Å². The summed E-state index contributed by atoms with van der Waals surface area (Å²) in [5.74, 6) is -2.47. The van der Waals surface area contributed by atoms with Gasteiger partial charge in [-0.15, -0.1) is 0 Å². The van der Waals surface area contributed by atoms with Crippen LogP contribution in [0.1, 0.15) is 68.6 Å². The van der Waals surface area contributed by atoms with Crippen molar-refractivity contribution in [1.29, 1.82) is 0 Å². The molecule has 248 valence electrons.